The van der Waals surface area contributed by atoms with Gasteiger partial charge < -0.3 is 14.6 Å². The van der Waals surface area contributed by atoms with E-state index in [1.54, 1.807) is 12.1 Å². The van der Waals surface area contributed by atoms with Crippen LogP contribution in [0.4, 0.5) is 0 Å². The van der Waals surface area contributed by atoms with Crippen molar-refractivity contribution in [3.8, 4) is 5.75 Å². The van der Waals surface area contributed by atoms with Crippen LogP contribution in [0.2, 0.25) is 0 Å². The lowest BCUT2D eigenvalue weighted by atomic mass is 10.2. The molecule has 1 unspecified atom stereocenters. The lowest BCUT2D eigenvalue weighted by Crippen LogP contribution is -2.29. The molecule has 1 aromatic rings. The van der Waals surface area contributed by atoms with E-state index in [2.05, 4.69) is 61.6 Å². The van der Waals surface area contributed by atoms with Crippen LogP contribution in [0.25, 0.3) is 0 Å². The predicted molar refractivity (Wildman–Crippen MR) is 138 cm³/mol. The van der Waals surface area contributed by atoms with E-state index in [0.29, 0.717) is 19.4 Å². The second kappa shape index (κ2) is 19.3. The number of para-hydroxylation sites is 1. The lowest BCUT2D eigenvalue weighted by molar-refractivity contribution is -0.147. The lowest BCUT2D eigenvalue weighted by Gasteiger charge is -2.15. The first-order chi connectivity index (χ1) is 16.6. The summed E-state index contributed by atoms with van der Waals surface area (Å²) < 4.78 is 10.9. The van der Waals surface area contributed by atoms with Crippen molar-refractivity contribution in [1.82, 2.24) is 0 Å². The maximum absolute atomic E-state index is 12.3. The first-order valence-corrected chi connectivity index (χ1v) is 12.0. The summed E-state index contributed by atoms with van der Waals surface area (Å²) in [5, 5.41) is 9.20. The van der Waals surface area contributed by atoms with Crippen LogP contribution in [-0.4, -0.2) is 29.8 Å². The molecule has 1 N–H and O–H groups in total. The number of benzene rings is 1. The molecule has 0 aliphatic rings. The van der Waals surface area contributed by atoms with Crippen molar-refractivity contribution in [3.05, 3.63) is 90.6 Å². The second-order valence-corrected chi connectivity index (χ2v) is 7.49. The van der Waals surface area contributed by atoms with E-state index in [1.807, 2.05) is 13.0 Å². The Hall–Kier alpha value is -3.18. The van der Waals surface area contributed by atoms with Crippen LogP contribution < -0.4 is 4.74 Å². The molecule has 0 saturated carbocycles. The van der Waals surface area contributed by atoms with Crippen molar-refractivity contribution < 1.29 is 24.2 Å². The number of carboxylic acids is 1. The minimum Gasteiger partial charge on any atom is -0.478 e. The van der Waals surface area contributed by atoms with Crippen molar-refractivity contribution >= 4 is 11.9 Å². The highest BCUT2D eigenvalue weighted by molar-refractivity contribution is 5.92. The molecule has 184 valence electrons. The number of allylic oxidation sites excluding steroid dienone is 9. The average Bonchev–Trinajstić information content (AvgIpc) is 2.83. The molecule has 0 spiro atoms. The van der Waals surface area contributed by atoms with E-state index in [0.717, 1.165) is 32.1 Å². The van der Waals surface area contributed by atoms with Gasteiger partial charge in [-0.1, -0.05) is 86.7 Å². The molecule has 1 atom stereocenters. The highest BCUT2D eigenvalue weighted by Crippen LogP contribution is 2.19. The molecule has 0 amide bonds. The van der Waals surface area contributed by atoms with Gasteiger partial charge >= 0.3 is 11.9 Å². The third kappa shape index (κ3) is 13.4. The van der Waals surface area contributed by atoms with E-state index >= 15 is 0 Å². The van der Waals surface area contributed by atoms with Gasteiger partial charge in [-0.2, -0.15) is 0 Å². The first kappa shape index (κ1) is 28.9. The molecule has 0 radical (unpaired) electrons. The number of hydrogen-bond donors (Lipinski definition) is 1. The normalized spacial score (nSPS) is 13.1. The van der Waals surface area contributed by atoms with E-state index in [4.69, 9.17) is 9.47 Å². The second-order valence-electron chi connectivity index (χ2n) is 7.49. The summed E-state index contributed by atoms with van der Waals surface area (Å²) in [5.41, 5.74) is -0.0514. The van der Waals surface area contributed by atoms with Crippen LogP contribution in [-0.2, 0) is 9.53 Å². The Kier molecular flexibility index (Phi) is 16.4. The largest absolute Gasteiger partial charge is 0.478 e. The smallest absolute Gasteiger partial charge is 0.340 e. The zero-order chi connectivity index (χ0) is 24.9. The Morgan fingerprint density at radius 1 is 0.824 bits per heavy atom. The molecule has 0 saturated heterocycles. The van der Waals surface area contributed by atoms with Gasteiger partial charge in [-0.15, -0.1) is 0 Å². The summed E-state index contributed by atoms with van der Waals surface area (Å²) in [6.45, 7) is 4.35. The molecular weight excluding hydrogens is 428 g/mol. The number of ether oxygens (including phenoxy) is 2. The first-order valence-electron chi connectivity index (χ1n) is 12.0. The minimum atomic E-state index is -1.14. The number of carboxylic acid groups (broad SMARTS) is 1. The third-order valence-corrected chi connectivity index (χ3v) is 4.72. The number of hydrogen-bond acceptors (Lipinski definition) is 4. The van der Waals surface area contributed by atoms with Crippen LogP contribution in [0.3, 0.4) is 0 Å². The van der Waals surface area contributed by atoms with Crippen molar-refractivity contribution in [2.45, 2.75) is 64.9 Å². The number of carbonyl (C=O) groups is 2. The highest BCUT2D eigenvalue weighted by atomic mass is 16.6. The van der Waals surface area contributed by atoms with Gasteiger partial charge in [0.1, 0.15) is 11.3 Å². The SMILES string of the molecule is CCC=CCC=CCC=CCC=CCC=CCCOC(CC)C(=O)Oc1ccccc1C(=O)O. The summed E-state index contributed by atoms with van der Waals surface area (Å²) in [5.74, 6) is -1.70. The third-order valence-electron chi connectivity index (χ3n) is 4.72. The number of aromatic carboxylic acids is 1. The fourth-order valence-electron chi connectivity index (χ4n) is 2.91. The zero-order valence-corrected chi connectivity index (χ0v) is 20.4. The standard InChI is InChI=1S/C29H38O5/c1-3-5-6-7-8-9-10-11-12-13-14-15-16-17-18-21-24-33-26(4-2)29(32)34-27-23-20-19-22-25(27)28(30)31/h5-6,8-9,11-12,14-15,17-20,22-23,26H,3-4,7,10,13,16,21,24H2,1-2H3,(H,30,31). The Morgan fingerprint density at radius 3 is 1.88 bits per heavy atom. The zero-order valence-electron chi connectivity index (χ0n) is 20.4. The molecule has 0 aromatic heterocycles. The van der Waals surface area contributed by atoms with Gasteiger partial charge in [0, 0.05) is 0 Å². The van der Waals surface area contributed by atoms with Gasteiger partial charge in [-0.05, 0) is 57.1 Å². The summed E-state index contributed by atoms with van der Waals surface area (Å²) in [7, 11) is 0. The fourth-order valence-corrected chi connectivity index (χ4v) is 2.91. The molecular formula is C29H38O5. The van der Waals surface area contributed by atoms with Gasteiger partial charge in [-0.3, -0.25) is 0 Å². The van der Waals surface area contributed by atoms with Crippen molar-refractivity contribution in [3.63, 3.8) is 0 Å². The van der Waals surface area contributed by atoms with Crippen LogP contribution in [0.15, 0.2) is 85.0 Å². The monoisotopic (exact) mass is 466 g/mol. The van der Waals surface area contributed by atoms with Crippen LogP contribution >= 0.6 is 0 Å². The number of rotatable bonds is 17. The van der Waals surface area contributed by atoms with Gasteiger partial charge in [0.15, 0.2) is 6.10 Å². The van der Waals surface area contributed by atoms with Crippen molar-refractivity contribution in [2.24, 2.45) is 0 Å². The Balaban J connectivity index is 2.21. The van der Waals surface area contributed by atoms with Gasteiger partial charge in [-0.25, -0.2) is 9.59 Å². The molecule has 34 heavy (non-hydrogen) atoms. The fraction of sp³-hybridized carbons (Fsp3) is 0.379. The van der Waals surface area contributed by atoms with Crippen LogP contribution in [0.1, 0.15) is 69.2 Å². The molecule has 5 heteroatoms. The Bertz CT molecular complexity index is 861. The highest BCUT2D eigenvalue weighted by Gasteiger charge is 2.21. The summed E-state index contributed by atoms with van der Waals surface area (Å²) in [6.07, 6.45) is 26.7. The molecule has 5 nitrogen and oxygen atoms in total. The predicted octanol–water partition coefficient (Wildman–Crippen LogP) is 7.23. The average molecular weight is 467 g/mol. The molecule has 1 aromatic carbocycles. The minimum absolute atomic E-state index is 0.0277. The Morgan fingerprint density at radius 2 is 1.35 bits per heavy atom. The topological polar surface area (TPSA) is 72.8 Å². The van der Waals surface area contributed by atoms with Gasteiger partial charge in [0.25, 0.3) is 0 Å². The van der Waals surface area contributed by atoms with E-state index < -0.39 is 18.0 Å². The van der Waals surface area contributed by atoms with E-state index in [-0.39, 0.29) is 11.3 Å². The van der Waals surface area contributed by atoms with Gasteiger partial charge in [0.2, 0.25) is 0 Å². The van der Waals surface area contributed by atoms with Crippen molar-refractivity contribution in [2.75, 3.05) is 6.61 Å². The van der Waals surface area contributed by atoms with Crippen LogP contribution in [0, 0.1) is 0 Å². The summed E-state index contributed by atoms with van der Waals surface area (Å²) in [6, 6.07) is 6.07. The molecule has 0 aliphatic heterocycles. The molecule has 1 rings (SSSR count). The maximum atomic E-state index is 12.3. The van der Waals surface area contributed by atoms with Crippen LogP contribution in [0.5, 0.6) is 5.75 Å². The maximum Gasteiger partial charge on any atom is 0.340 e. The van der Waals surface area contributed by atoms with E-state index in [1.165, 1.54) is 12.1 Å². The number of carbonyl (C=O) groups excluding carboxylic acids is 1. The molecule has 0 fully saturated rings. The van der Waals surface area contributed by atoms with E-state index in [9.17, 15) is 14.7 Å². The molecule has 0 bridgehead atoms. The summed E-state index contributed by atoms with van der Waals surface area (Å²) >= 11 is 0. The summed E-state index contributed by atoms with van der Waals surface area (Å²) in [4.78, 5) is 23.6. The van der Waals surface area contributed by atoms with Crippen molar-refractivity contribution in [1.29, 1.82) is 0 Å². The molecule has 0 heterocycles. The van der Waals surface area contributed by atoms with Gasteiger partial charge in [0.05, 0.1) is 6.61 Å². The molecule has 0 aliphatic carbocycles. The quantitative estimate of drug-likeness (QED) is 0.113. The Labute approximate surface area is 204 Å². The number of esters is 1.